The number of amides is 2. The van der Waals surface area contributed by atoms with E-state index in [0.29, 0.717) is 33.3 Å². The molecule has 0 radical (unpaired) electrons. The van der Waals surface area contributed by atoms with Gasteiger partial charge in [-0.15, -0.1) is 10.2 Å². The minimum atomic E-state index is -0.397. The Hall–Kier alpha value is -4.36. The number of para-hydroxylation sites is 1. The minimum absolute atomic E-state index is 0.0470. The van der Waals surface area contributed by atoms with E-state index in [-0.39, 0.29) is 24.0 Å². The highest BCUT2D eigenvalue weighted by molar-refractivity contribution is 7.99. The summed E-state index contributed by atoms with van der Waals surface area (Å²) in [6, 6.07) is 16.2. The van der Waals surface area contributed by atoms with E-state index in [1.54, 1.807) is 49.1 Å². The number of rotatable bonds is 10. The Bertz CT molecular complexity index is 1550. The van der Waals surface area contributed by atoms with Crippen molar-refractivity contribution in [2.75, 3.05) is 25.3 Å². The van der Waals surface area contributed by atoms with Crippen molar-refractivity contribution in [2.24, 2.45) is 0 Å². The van der Waals surface area contributed by atoms with Crippen LogP contribution in [0.5, 0.6) is 11.5 Å². The molecular formula is C25H22N6O5S2. The normalized spacial score (nSPS) is 10.9. The van der Waals surface area contributed by atoms with Crippen molar-refractivity contribution in [1.29, 1.82) is 0 Å². The van der Waals surface area contributed by atoms with Crippen molar-refractivity contribution in [3.05, 3.63) is 72.4 Å². The summed E-state index contributed by atoms with van der Waals surface area (Å²) in [5, 5.41) is 15.1. The fourth-order valence-electron chi connectivity index (χ4n) is 3.59. The van der Waals surface area contributed by atoms with Crippen LogP contribution in [0.15, 0.2) is 70.4 Å². The minimum Gasteiger partial charge on any atom is -0.497 e. The van der Waals surface area contributed by atoms with E-state index >= 15 is 0 Å². The monoisotopic (exact) mass is 550 g/mol. The van der Waals surface area contributed by atoms with Gasteiger partial charge in [-0.1, -0.05) is 35.2 Å². The quantitative estimate of drug-likeness (QED) is 0.246. The number of anilines is 1. The van der Waals surface area contributed by atoms with Gasteiger partial charge in [-0.05, 0) is 36.4 Å². The molecule has 11 nitrogen and oxygen atoms in total. The summed E-state index contributed by atoms with van der Waals surface area (Å²) in [6.07, 6.45) is 1.42. The van der Waals surface area contributed by atoms with Crippen molar-refractivity contribution in [2.45, 2.75) is 11.7 Å². The van der Waals surface area contributed by atoms with Crippen molar-refractivity contribution < 1.29 is 23.5 Å². The third kappa shape index (κ3) is 5.48. The van der Waals surface area contributed by atoms with Gasteiger partial charge < -0.3 is 24.5 Å². The second-order valence-corrected chi connectivity index (χ2v) is 9.73. The lowest BCUT2D eigenvalue weighted by Gasteiger charge is -2.15. The van der Waals surface area contributed by atoms with Gasteiger partial charge in [-0.3, -0.25) is 14.2 Å². The average Bonchev–Trinajstić information content (AvgIpc) is 3.69. The molecule has 0 atom stereocenters. The van der Waals surface area contributed by atoms with Crippen LogP contribution in [-0.4, -0.2) is 51.5 Å². The van der Waals surface area contributed by atoms with Crippen LogP contribution >= 0.6 is 23.1 Å². The molecular weight excluding hydrogens is 528 g/mol. The van der Waals surface area contributed by atoms with E-state index in [9.17, 15) is 9.59 Å². The summed E-state index contributed by atoms with van der Waals surface area (Å²) >= 11 is 2.59. The van der Waals surface area contributed by atoms with Crippen LogP contribution in [0, 0.1) is 0 Å². The summed E-state index contributed by atoms with van der Waals surface area (Å²) in [5.41, 5.74) is 1.42. The van der Waals surface area contributed by atoms with Crippen molar-refractivity contribution in [1.82, 2.24) is 25.1 Å². The molecule has 0 aliphatic heterocycles. The molecule has 0 saturated heterocycles. The molecule has 2 amide bonds. The number of thioether (sulfide) groups is 1. The first kappa shape index (κ1) is 25.3. The maximum atomic E-state index is 12.8. The van der Waals surface area contributed by atoms with Crippen LogP contribution in [0.2, 0.25) is 0 Å². The Kier molecular flexibility index (Phi) is 7.56. The molecule has 0 fully saturated rings. The SMILES string of the molecule is COc1ccc(OC)c(-n2c(CNC(=O)c3ccco3)nnc2SCC(=O)Nc2nc3ccccc3s2)c1. The van der Waals surface area contributed by atoms with E-state index in [0.717, 1.165) is 10.2 Å². The summed E-state index contributed by atoms with van der Waals surface area (Å²) in [4.78, 5) is 29.6. The van der Waals surface area contributed by atoms with Crippen LogP contribution in [0.1, 0.15) is 16.4 Å². The molecule has 5 aromatic rings. The van der Waals surface area contributed by atoms with Crippen LogP contribution in [0.4, 0.5) is 5.13 Å². The Balaban J connectivity index is 1.38. The number of benzene rings is 2. The van der Waals surface area contributed by atoms with E-state index in [1.807, 2.05) is 24.3 Å². The van der Waals surface area contributed by atoms with Crippen LogP contribution in [0.3, 0.4) is 0 Å². The molecule has 0 aliphatic rings. The molecule has 5 rings (SSSR count). The largest absolute Gasteiger partial charge is 0.497 e. The molecule has 0 spiro atoms. The Morgan fingerprint density at radius 1 is 1.08 bits per heavy atom. The lowest BCUT2D eigenvalue weighted by atomic mass is 10.2. The van der Waals surface area contributed by atoms with Gasteiger partial charge in [0.1, 0.15) is 11.5 Å². The standard InChI is InChI=1S/C25H22N6O5S2/c1-34-15-9-10-18(35-2)17(12-15)31-21(13-26-23(33)19-7-5-11-36-19)29-30-25(31)37-14-22(32)28-24-27-16-6-3-4-8-20(16)38-24/h3-12H,13-14H2,1-2H3,(H,26,33)(H,27,28,32). The lowest BCUT2D eigenvalue weighted by Crippen LogP contribution is -2.24. The number of nitrogens with one attached hydrogen (secondary N) is 2. The predicted molar refractivity (Wildman–Crippen MR) is 143 cm³/mol. The Morgan fingerprint density at radius 2 is 1.95 bits per heavy atom. The predicted octanol–water partition coefficient (Wildman–Crippen LogP) is 4.15. The highest BCUT2D eigenvalue weighted by Crippen LogP contribution is 2.32. The van der Waals surface area contributed by atoms with E-state index in [2.05, 4.69) is 25.8 Å². The highest BCUT2D eigenvalue weighted by atomic mass is 32.2. The number of hydrogen-bond donors (Lipinski definition) is 2. The smallest absolute Gasteiger partial charge is 0.287 e. The molecule has 3 heterocycles. The van der Waals surface area contributed by atoms with Gasteiger partial charge in [0.2, 0.25) is 5.91 Å². The van der Waals surface area contributed by atoms with E-state index in [1.165, 1.54) is 29.4 Å². The number of thiazole rings is 1. The number of carbonyl (C=O) groups excluding carboxylic acids is 2. The van der Waals surface area contributed by atoms with Crippen molar-refractivity contribution >= 4 is 50.3 Å². The first-order chi connectivity index (χ1) is 18.6. The summed E-state index contributed by atoms with van der Waals surface area (Å²) in [5.74, 6) is 1.13. The molecule has 0 aliphatic carbocycles. The third-order valence-electron chi connectivity index (χ3n) is 5.35. The number of hydrogen-bond acceptors (Lipinski definition) is 10. The molecule has 38 heavy (non-hydrogen) atoms. The molecule has 2 N–H and O–H groups in total. The van der Waals surface area contributed by atoms with Gasteiger partial charge in [0, 0.05) is 6.07 Å². The van der Waals surface area contributed by atoms with Gasteiger partial charge in [-0.25, -0.2) is 4.98 Å². The topological polar surface area (TPSA) is 133 Å². The number of furan rings is 1. The molecule has 0 saturated carbocycles. The molecule has 0 unspecified atom stereocenters. The van der Waals surface area contributed by atoms with Crippen molar-refractivity contribution in [3.63, 3.8) is 0 Å². The van der Waals surface area contributed by atoms with Gasteiger partial charge >= 0.3 is 0 Å². The number of ether oxygens (including phenoxy) is 2. The summed E-state index contributed by atoms with van der Waals surface area (Å²) < 4.78 is 18.8. The molecule has 3 aromatic heterocycles. The maximum absolute atomic E-state index is 12.8. The first-order valence-electron chi connectivity index (χ1n) is 11.3. The highest BCUT2D eigenvalue weighted by Gasteiger charge is 2.21. The van der Waals surface area contributed by atoms with Crippen LogP contribution in [-0.2, 0) is 11.3 Å². The summed E-state index contributed by atoms with van der Waals surface area (Å²) in [7, 11) is 3.11. The molecule has 0 bridgehead atoms. The number of fused-ring (bicyclic) bond motifs is 1. The molecule has 194 valence electrons. The van der Waals surface area contributed by atoms with Crippen LogP contribution < -0.4 is 20.1 Å². The van der Waals surface area contributed by atoms with E-state index in [4.69, 9.17) is 13.9 Å². The van der Waals surface area contributed by atoms with E-state index < -0.39 is 5.91 Å². The number of methoxy groups -OCH3 is 2. The zero-order chi connectivity index (χ0) is 26.5. The maximum Gasteiger partial charge on any atom is 0.287 e. The fraction of sp³-hybridized carbons (Fsp3) is 0.160. The zero-order valence-corrected chi connectivity index (χ0v) is 22.0. The average molecular weight is 551 g/mol. The second-order valence-electron chi connectivity index (χ2n) is 7.76. The van der Waals surface area contributed by atoms with Gasteiger partial charge in [0.05, 0.1) is 48.7 Å². The lowest BCUT2D eigenvalue weighted by molar-refractivity contribution is -0.113. The fourth-order valence-corrected chi connectivity index (χ4v) is 5.23. The number of nitrogens with zero attached hydrogens (tertiary/aromatic N) is 4. The number of carbonyl (C=O) groups is 2. The van der Waals surface area contributed by atoms with Gasteiger partial charge in [-0.2, -0.15) is 0 Å². The van der Waals surface area contributed by atoms with Crippen molar-refractivity contribution in [3.8, 4) is 17.2 Å². The first-order valence-corrected chi connectivity index (χ1v) is 13.1. The molecule has 13 heteroatoms. The zero-order valence-electron chi connectivity index (χ0n) is 20.3. The van der Waals surface area contributed by atoms with Gasteiger partial charge in [0.25, 0.3) is 5.91 Å². The van der Waals surface area contributed by atoms with Gasteiger partial charge in [0.15, 0.2) is 21.9 Å². The Labute approximate surface area is 225 Å². The number of aromatic nitrogens is 4. The summed E-state index contributed by atoms with van der Waals surface area (Å²) in [6.45, 7) is 0.0470. The van der Waals surface area contributed by atoms with Crippen LogP contribution in [0.25, 0.3) is 15.9 Å². The Morgan fingerprint density at radius 3 is 2.71 bits per heavy atom. The second kappa shape index (κ2) is 11.4. The third-order valence-corrected chi connectivity index (χ3v) is 7.23. The molecule has 2 aromatic carbocycles.